The van der Waals surface area contributed by atoms with E-state index in [0.717, 1.165) is 37.2 Å². The fourth-order valence-corrected chi connectivity index (χ4v) is 2.89. The number of carbonyl (C=O) groups excluding carboxylic acids is 1. The standard InChI is InChI=1S/C15H20N2O3/c1-17-12-7-10(4-5-13(12)20-9-14(17)18)15(19)11-3-2-6-16-8-11/h4-5,7,11,15-16,19H,2-3,6,8-9H2,1H3. The van der Waals surface area contributed by atoms with E-state index in [1.807, 2.05) is 18.2 Å². The number of aliphatic hydroxyl groups excluding tert-OH is 1. The van der Waals surface area contributed by atoms with E-state index >= 15 is 0 Å². The fourth-order valence-electron chi connectivity index (χ4n) is 2.89. The summed E-state index contributed by atoms with van der Waals surface area (Å²) in [5, 5.41) is 13.8. The van der Waals surface area contributed by atoms with Crippen molar-refractivity contribution in [2.75, 3.05) is 31.6 Å². The average molecular weight is 276 g/mol. The smallest absolute Gasteiger partial charge is 0.264 e. The Labute approximate surface area is 118 Å². The van der Waals surface area contributed by atoms with Gasteiger partial charge in [0.2, 0.25) is 0 Å². The number of aliphatic hydroxyl groups is 1. The maximum atomic E-state index is 11.7. The van der Waals surface area contributed by atoms with Crippen molar-refractivity contribution in [1.82, 2.24) is 5.32 Å². The summed E-state index contributed by atoms with van der Waals surface area (Å²) < 4.78 is 5.40. The minimum Gasteiger partial charge on any atom is -0.482 e. The summed E-state index contributed by atoms with van der Waals surface area (Å²) in [5.74, 6) is 0.862. The lowest BCUT2D eigenvalue weighted by Crippen LogP contribution is -2.36. The molecular formula is C15H20N2O3. The van der Waals surface area contributed by atoms with Crippen molar-refractivity contribution >= 4 is 11.6 Å². The minimum absolute atomic E-state index is 0.0662. The monoisotopic (exact) mass is 276 g/mol. The van der Waals surface area contributed by atoms with Gasteiger partial charge in [0.1, 0.15) is 5.75 Å². The van der Waals surface area contributed by atoms with Gasteiger partial charge >= 0.3 is 0 Å². The molecule has 2 aliphatic rings. The molecule has 2 N–H and O–H groups in total. The van der Waals surface area contributed by atoms with Crippen molar-refractivity contribution in [3.05, 3.63) is 23.8 Å². The van der Waals surface area contributed by atoms with Gasteiger partial charge in [0.05, 0.1) is 11.8 Å². The number of benzene rings is 1. The summed E-state index contributed by atoms with van der Waals surface area (Å²) in [5.41, 5.74) is 1.59. The van der Waals surface area contributed by atoms with Gasteiger partial charge in [0.25, 0.3) is 5.91 Å². The number of piperidine rings is 1. The number of hydrogen-bond acceptors (Lipinski definition) is 4. The molecule has 1 aromatic carbocycles. The molecular weight excluding hydrogens is 256 g/mol. The van der Waals surface area contributed by atoms with Crippen LogP contribution in [0.2, 0.25) is 0 Å². The van der Waals surface area contributed by atoms with Crippen molar-refractivity contribution in [1.29, 1.82) is 0 Å². The zero-order valence-corrected chi connectivity index (χ0v) is 11.6. The third-order valence-electron chi connectivity index (χ3n) is 4.19. The molecule has 0 radical (unpaired) electrons. The molecule has 20 heavy (non-hydrogen) atoms. The third kappa shape index (κ3) is 2.39. The molecule has 2 heterocycles. The van der Waals surface area contributed by atoms with Crippen molar-refractivity contribution in [2.24, 2.45) is 5.92 Å². The Morgan fingerprint density at radius 3 is 3.10 bits per heavy atom. The highest BCUT2D eigenvalue weighted by molar-refractivity contribution is 5.97. The van der Waals surface area contributed by atoms with Crippen molar-refractivity contribution in [3.63, 3.8) is 0 Å². The van der Waals surface area contributed by atoms with Crippen LogP contribution in [0.25, 0.3) is 0 Å². The van der Waals surface area contributed by atoms with Gasteiger partial charge in [-0.25, -0.2) is 0 Å². The summed E-state index contributed by atoms with van der Waals surface area (Å²) in [6.45, 7) is 1.94. The van der Waals surface area contributed by atoms with Gasteiger partial charge < -0.3 is 20.1 Å². The molecule has 0 spiro atoms. The molecule has 2 atom stereocenters. The number of carbonyl (C=O) groups is 1. The number of ether oxygens (including phenoxy) is 1. The number of hydrogen-bond donors (Lipinski definition) is 2. The molecule has 2 unspecified atom stereocenters. The molecule has 1 amide bonds. The maximum absolute atomic E-state index is 11.7. The number of rotatable bonds is 2. The highest BCUT2D eigenvalue weighted by Gasteiger charge is 2.27. The molecule has 1 aromatic rings. The van der Waals surface area contributed by atoms with Crippen LogP contribution in [0.5, 0.6) is 5.75 Å². The highest BCUT2D eigenvalue weighted by Crippen LogP contribution is 2.36. The lowest BCUT2D eigenvalue weighted by atomic mass is 9.89. The normalized spacial score (nSPS) is 24.0. The van der Waals surface area contributed by atoms with Crippen molar-refractivity contribution < 1.29 is 14.6 Å². The van der Waals surface area contributed by atoms with Crippen LogP contribution in [-0.2, 0) is 4.79 Å². The highest BCUT2D eigenvalue weighted by atomic mass is 16.5. The Kier molecular flexibility index (Phi) is 3.63. The Balaban J connectivity index is 1.85. The molecule has 2 aliphatic heterocycles. The number of amides is 1. The van der Waals surface area contributed by atoms with Gasteiger partial charge in [-0.3, -0.25) is 4.79 Å². The largest absolute Gasteiger partial charge is 0.482 e. The number of likely N-dealkylation sites (N-methyl/N-ethyl adjacent to an activating group) is 1. The predicted octanol–water partition coefficient (Wildman–Crippen LogP) is 1.07. The molecule has 1 saturated heterocycles. The molecule has 1 fully saturated rings. The van der Waals surface area contributed by atoms with Gasteiger partial charge in [-0.2, -0.15) is 0 Å². The molecule has 0 aromatic heterocycles. The third-order valence-corrected chi connectivity index (χ3v) is 4.19. The first-order valence-corrected chi connectivity index (χ1v) is 7.09. The van der Waals surface area contributed by atoms with Crippen LogP contribution in [0, 0.1) is 5.92 Å². The van der Waals surface area contributed by atoms with Gasteiger partial charge in [0, 0.05) is 19.5 Å². The Morgan fingerprint density at radius 1 is 1.50 bits per heavy atom. The van der Waals surface area contributed by atoms with Gasteiger partial charge in [-0.15, -0.1) is 0 Å². The second kappa shape index (κ2) is 5.42. The molecule has 5 heteroatoms. The van der Waals surface area contributed by atoms with E-state index in [1.54, 1.807) is 11.9 Å². The van der Waals surface area contributed by atoms with E-state index in [1.165, 1.54) is 0 Å². The number of anilines is 1. The van der Waals surface area contributed by atoms with Crippen LogP contribution >= 0.6 is 0 Å². The molecule has 3 rings (SSSR count). The lowest BCUT2D eigenvalue weighted by Gasteiger charge is -2.30. The van der Waals surface area contributed by atoms with Gasteiger partial charge in [-0.1, -0.05) is 6.07 Å². The summed E-state index contributed by atoms with van der Waals surface area (Å²) in [7, 11) is 1.74. The van der Waals surface area contributed by atoms with E-state index in [2.05, 4.69) is 5.32 Å². The Bertz CT molecular complexity index is 512. The second-order valence-electron chi connectivity index (χ2n) is 5.52. The van der Waals surface area contributed by atoms with Crippen LogP contribution in [0.3, 0.4) is 0 Å². The second-order valence-corrected chi connectivity index (χ2v) is 5.52. The molecule has 0 aliphatic carbocycles. The van der Waals surface area contributed by atoms with Crippen molar-refractivity contribution in [3.8, 4) is 5.75 Å². The molecule has 108 valence electrons. The van der Waals surface area contributed by atoms with E-state index < -0.39 is 6.10 Å². The first kappa shape index (κ1) is 13.4. The number of fused-ring (bicyclic) bond motifs is 1. The molecule has 5 nitrogen and oxygen atoms in total. The maximum Gasteiger partial charge on any atom is 0.264 e. The molecule has 0 bridgehead atoms. The fraction of sp³-hybridized carbons (Fsp3) is 0.533. The van der Waals surface area contributed by atoms with E-state index in [0.29, 0.717) is 5.75 Å². The van der Waals surface area contributed by atoms with Crippen LogP contribution < -0.4 is 15.0 Å². The SMILES string of the molecule is CN1C(=O)COc2ccc(C(O)C3CCCNC3)cc21. The van der Waals surface area contributed by atoms with Crippen LogP contribution in [0.1, 0.15) is 24.5 Å². The summed E-state index contributed by atoms with van der Waals surface area (Å²) in [6, 6.07) is 5.60. The summed E-state index contributed by atoms with van der Waals surface area (Å²) in [6.07, 6.45) is 1.61. The Morgan fingerprint density at radius 2 is 2.35 bits per heavy atom. The first-order chi connectivity index (χ1) is 9.66. The van der Waals surface area contributed by atoms with Gasteiger partial charge in [0.15, 0.2) is 6.61 Å². The van der Waals surface area contributed by atoms with Crippen LogP contribution in [-0.4, -0.2) is 37.8 Å². The minimum atomic E-state index is -0.501. The number of nitrogens with zero attached hydrogens (tertiary/aromatic N) is 1. The zero-order valence-electron chi connectivity index (χ0n) is 11.6. The van der Waals surface area contributed by atoms with E-state index in [9.17, 15) is 9.90 Å². The summed E-state index contributed by atoms with van der Waals surface area (Å²) in [4.78, 5) is 13.3. The summed E-state index contributed by atoms with van der Waals surface area (Å²) >= 11 is 0. The van der Waals surface area contributed by atoms with Crippen LogP contribution in [0.15, 0.2) is 18.2 Å². The van der Waals surface area contributed by atoms with Gasteiger partial charge in [-0.05, 0) is 37.1 Å². The number of nitrogens with one attached hydrogen (secondary N) is 1. The molecule has 0 saturated carbocycles. The Hall–Kier alpha value is -1.59. The van der Waals surface area contributed by atoms with E-state index in [-0.39, 0.29) is 18.4 Å². The topological polar surface area (TPSA) is 61.8 Å². The van der Waals surface area contributed by atoms with Crippen molar-refractivity contribution in [2.45, 2.75) is 18.9 Å². The quantitative estimate of drug-likeness (QED) is 0.848. The van der Waals surface area contributed by atoms with E-state index in [4.69, 9.17) is 4.74 Å². The zero-order chi connectivity index (χ0) is 14.1. The predicted molar refractivity (Wildman–Crippen MR) is 75.9 cm³/mol. The average Bonchev–Trinajstić information content (AvgIpc) is 2.51. The first-order valence-electron chi connectivity index (χ1n) is 7.09. The van der Waals surface area contributed by atoms with Crippen LogP contribution in [0.4, 0.5) is 5.69 Å². The lowest BCUT2D eigenvalue weighted by molar-refractivity contribution is -0.120.